The Labute approximate surface area is 131 Å². The van der Waals surface area contributed by atoms with Crippen molar-refractivity contribution in [2.24, 2.45) is 0 Å². The van der Waals surface area contributed by atoms with Gasteiger partial charge in [-0.2, -0.15) is 5.26 Å². The Morgan fingerprint density at radius 1 is 1.27 bits per heavy atom. The third-order valence-electron chi connectivity index (χ3n) is 3.44. The normalized spacial score (nSPS) is 18.5. The van der Waals surface area contributed by atoms with Gasteiger partial charge in [0.2, 0.25) is 0 Å². The molecule has 1 aromatic rings. The van der Waals surface area contributed by atoms with Crippen molar-refractivity contribution in [1.82, 2.24) is 0 Å². The number of rotatable bonds is 2. The Bertz CT molecular complexity index is 691. The highest BCUT2D eigenvalue weighted by atomic mass is 16.6. The quantitative estimate of drug-likeness (QED) is 0.770. The van der Waals surface area contributed by atoms with Crippen molar-refractivity contribution in [3.63, 3.8) is 0 Å². The predicted molar refractivity (Wildman–Crippen MR) is 83.9 cm³/mol. The molecule has 0 aromatic carbocycles. The number of hydrogen-bond donors (Lipinski definition) is 0. The van der Waals surface area contributed by atoms with Gasteiger partial charge in [0.15, 0.2) is 0 Å². The molecule has 0 spiro atoms. The number of nitrogens with zero attached hydrogens (tertiary/aromatic N) is 1. The second-order valence-corrected chi connectivity index (χ2v) is 7.12. The van der Waals surface area contributed by atoms with Gasteiger partial charge < -0.3 is 9.15 Å². The minimum atomic E-state index is -0.600. The average Bonchev–Trinajstić information content (AvgIpc) is 2.83. The molecular formula is C18H21NO3. The molecule has 0 unspecified atom stereocenters. The van der Waals surface area contributed by atoms with Gasteiger partial charge in [0, 0.05) is 11.8 Å². The Morgan fingerprint density at radius 2 is 1.95 bits per heavy atom. The lowest BCUT2D eigenvalue weighted by Gasteiger charge is -2.30. The van der Waals surface area contributed by atoms with Crippen LogP contribution in [0.5, 0.6) is 0 Å². The summed E-state index contributed by atoms with van der Waals surface area (Å²) in [6.45, 7) is 9.90. The Kier molecular flexibility index (Phi) is 4.02. The first kappa shape index (κ1) is 16.1. The van der Waals surface area contributed by atoms with Crippen LogP contribution in [-0.4, -0.2) is 11.6 Å². The van der Waals surface area contributed by atoms with Crippen LogP contribution in [0.25, 0.3) is 6.08 Å². The second-order valence-electron chi connectivity index (χ2n) is 7.12. The summed E-state index contributed by atoms with van der Waals surface area (Å²) < 4.78 is 11.0. The number of carbonyl (C=O) groups is 1. The minimum absolute atomic E-state index is 0.0557. The van der Waals surface area contributed by atoms with Crippen LogP contribution in [-0.2, 0) is 14.9 Å². The van der Waals surface area contributed by atoms with Crippen LogP contribution in [0.3, 0.4) is 0 Å². The molecule has 0 radical (unpaired) electrons. The van der Waals surface area contributed by atoms with Crippen molar-refractivity contribution in [2.75, 3.05) is 0 Å². The summed E-state index contributed by atoms with van der Waals surface area (Å²) in [6, 6.07) is 5.76. The highest BCUT2D eigenvalue weighted by molar-refractivity contribution is 5.95. The van der Waals surface area contributed by atoms with Gasteiger partial charge in [0.25, 0.3) is 0 Å². The van der Waals surface area contributed by atoms with Crippen molar-refractivity contribution in [3.05, 3.63) is 40.9 Å². The summed E-state index contributed by atoms with van der Waals surface area (Å²) >= 11 is 0. The summed E-state index contributed by atoms with van der Waals surface area (Å²) in [5.41, 5.74) is 0.0899. The monoisotopic (exact) mass is 299 g/mol. The van der Waals surface area contributed by atoms with E-state index in [-0.39, 0.29) is 11.0 Å². The summed E-state index contributed by atoms with van der Waals surface area (Å²) in [7, 11) is 0. The number of hydrogen-bond acceptors (Lipinski definition) is 4. The smallest absolute Gasteiger partial charge is 0.349 e. The Hall–Kier alpha value is -2.28. The lowest BCUT2D eigenvalue weighted by molar-refractivity contribution is -0.152. The molecule has 1 aliphatic heterocycles. The Balaban J connectivity index is 2.30. The van der Waals surface area contributed by atoms with E-state index in [0.29, 0.717) is 17.8 Å². The summed E-state index contributed by atoms with van der Waals surface area (Å²) in [5, 5.41) is 9.14. The van der Waals surface area contributed by atoms with E-state index in [2.05, 4.69) is 20.8 Å². The molecule has 2 rings (SSSR count). The van der Waals surface area contributed by atoms with E-state index in [9.17, 15) is 4.79 Å². The maximum atomic E-state index is 11.8. The largest absolute Gasteiger partial charge is 0.461 e. The number of esters is 1. The van der Waals surface area contributed by atoms with E-state index in [1.165, 1.54) is 0 Å². The summed E-state index contributed by atoms with van der Waals surface area (Å²) in [5.74, 6) is 1.03. The SMILES string of the molecule is CC1(C)CC(/C=C/c2ccc(C(C)(C)C)o2)=C(C#N)C(=O)O1. The molecule has 0 N–H and O–H groups in total. The van der Waals surface area contributed by atoms with E-state index in [1.807, 2.05) is 32.0 Å². The molecule has 0 saturated carbocycles. The molecule has 1 aromatic heterocycles. The number of nitriles is 1. The Morgan fingerprint density at radius 3 is 2.50 bits per heavy atom. The zero-order valence-corrected chi connectivity index (χ0v) is 13.7. The van der Waals surface area contributed by atoms with Gasteiger partial charge in [-0.05, 0) is 37.6 Å². The van der Waals surface area contributed by atoms with Crippen LogP contribution in [0.15, 0.2) is 33.8 Å². The van der Waals surface area contributed by atoms with Gasteiger partial charge in [-0.15, -0.1) is 0 Å². The third-order valence-corrected chi connectivity index (χ3v) is 3.44. The molecule has 0 amide bonds. The van der Waals surface area contributed by atoms with Gasteiger partial charge in [0.05, 0.1) is 0 Å². The zero-order chi connectivity index (χ0) is 16.5. The van der Waals surface area contributed by atoms with Gasteiger partial charge in [-0.1, -0.05) is 26.8 Å². The minimum Gasteiger partial charge on any atom is -0.461 e. The molecule has 0 fully saturated rings. The molecule has 0 bridgehead atoms. The first-order valence-corrected chi connectivity index (χ1v) is 7.27. The maximum absolute atomic E-state index is 11.8. The number of ether oxygens (including phenoxy) is 1. The molecule has 0 aliphatic carbocycles. The van der Waals surface area contributed by atoms with Crippen molar-refractivity contribution in [2.45, 2.75) is 52.1 Å². The molecule has 116 valence electrons. The fourth-order valence-corrected chi connectivity index (χ4v) is 2.30. The third kappa shape index (κ3) is 3.48. The van der Waals surface area contributed by atoms with Crippen LogP contribution in [0.1, 0.15) is 52.6 Å². The molecule has 2 heterocycles. The standard InChI is InChI=1S/C18H21NO3/c1-17(2,3)15-9-8-13(21-15)7-6-12-10-18(4,5)22-16(20)14(12)11-19/h6-9H,10H2,1-5H3/b7-6+. The second kappa shape index (κ2) is 5.49. The fraction of sp³-hybridized carbons (Fsp3) is 0.444. The van der Waals surface area contributed by atoms with Gasteiger partial charge >= 0.3 is 5.97 Å². The zero-order valence-electron chi connectivity index (χ0n) is 13.7. The molecule has 4 heteroatoms. The number of furan rings is 1. The summed E-state index contributed by atoms with van der Waals surface area (Å²) in [4.78, 5) is 11.8. The van der Waals surface area contributed by atoms with Crippen molar-refractivity contribution >= 4 is 12.0 Å². The van der Waals surface area contributed by atoms with Gasteiger partial charge in [-0.25, -0.2) is 4.79 Å². The predicted octanol–water partition coefficient (Wildman–Crippen LogP) is 4.14. The first-order valence-electron chi connectivity index (χ1n) is 7.27. The van der Waals surface area contributed by atoms with Crippen LogP contribution in [0.4, 0.5) is 0 Å². The lowest BCUT2D eigenvalue weighted by atomic mass is 9.91. The van der Waals surface area contributed by atoms with Crippen molar-refractivity contribution in [1.29, 1.82) is 5.26 Å². The van der Waals surface area contributed by atoms with E-state index < -0.39 is 11.6 Å². The van der Waals surface area contributed by atoms with Crippen LogP contribution in [0.2, 0.25) is 0 Å². The van der Waals surface area contributed by atoms with E-state index in [4.69, 9.17) is 14.4 Å². The lowest BCUT2D eigenvalue weighted by Crippen LogP contribution is -2.33. The molecule has 4 nitrogen and oxygen atoms in total. The first-order chi connectivity index (χ1) is 10.1. The molecule has 0 atom stereocenters. The average molecular weight is 299 g/mol. The van der Waals surface area contributed by atoms with Crippen LogP contribution >= 0.6 is 0 Å². The van der Waals surface area contributed by atoms with Gasteiger partial charge in [-0.3, -0.25) is 0 Å². The van der Waals surface area contributed by atoms with Crippen molar-refractivity contribution in [3.8, 4) is 6.07 Å². The number of carbonyl (C=O) groups excluding carboxylic acids is 1. The van der Waals surface area contributed by atoms with E-state index in [1.54, 1.807) is 12.2 Å². The highest BCUT2D eigenvalue weighted by Gasteiger charge is 2.33. The molecule has 1 aliphatic rings. The number of allylic oxidation sites excluding steroid dienone is 1. The molecule has 22 heavy (non-hydrogen) atoms. The van der Waals surface area contributed by atoms with Gasteiger partial charge in [0.1, 0.15) is 28.8 Å². The maximum Gasteiger partial charge on any atom is 0.349 e. The van der Waals surface area contributed by atoms with E-state index >= 15 is 0 Å². The fourth-order valence-electron chi connectivity index (χ4n) is 2.30. The number of cyclic esters (lactones) is 1. The summed E-state index contributed by atoms with van der Waals surface area (Å²) in [6.07, 6.45) is 4.06. The highest BCUT2D eigenvalue weighted by Crippen LogP contribution is 2.31. The van der Waals surface area contributed by atoms with E-state index in [0.717, 1.165) is 5.76 Å². The van der Waals surface area contributed by atoms with Crippen LogP contribution < -0.4 is 0 Å². The van der Waals surface area contributed by atoms with Crippen molar-refractivity contribution < 1.29 is 13.9 Å². The van der Waals surface area contributed by atoms with Crippen LogP contribution in [0, 0.1) is 11.3 Å². The molecular weight excluding hydrogens is 278 g/mol. The topological polar surface area (TPSA) is 63.2 Å². The molecule has 0 saturated heterocycles.